The van der Waals surface area contributed by atoms with Crippen molar-refractivity contribution in [2.75, 3.05) is 45.9 Å². The van der Waals surface area contributed by atoms with Crippen LogP contribution in [0.3, 0.4) is 0 Å². The second kappa shape index (κ2) is 6.34. The van der Waals surface area contributed by atoms with E-state index in [0.29, 0.717) is 11.3 Å². The lowest BCUT2D eigenvalue weighted by Crippen LogP contribution is -2.57. The van der Waals surface area contributed by atoms with Gasteiger partial charge < -0.3 is 15.4 Å². The Labute approximate surface area is 139 Å². The van der Waals surface area contributed by atoms with Gasteiger partial charge in [-0.2, -0.15) is 0 Å². The molecule has 5 heteroatoms. The summed E-state index contributed by atoms with van der Waals surface area (Å²) in [6.07, 6.45) is 8.19. The highest BCUT2D eigenvalue weighted by Crippen LogP contribution is 2.58. The molecule has 0 bridgehead atoms. The molecule has 2 N–H and O–H groups in total. The summed E-state index contributed by atoms with van der Waals surface area (Å²) in [7, 11) is 0. The van der Waals surface area contributed by atoms with E-state index >= 15 is 0 Å². The topological polar surface area (TPSA) is 53.6 Å². The summed E-state index contributed by atoms with van der Waals surface area (Å²) in [4.78, 5) is 15.3. The fourth-order valence-corrected chi connectivity index (χ4v) is 5.12. The molecule has 4 rings (SSSR count). The molecule has 0 aromatic carbocycles. The number of carbonyl (C=O) groups excluding carboxylic acids is 1. The van der Waals surface area contributed by atoms with Gasteiger partial charge in [-0.15, -0.1) is 0 Å². The third-order valence-electron chi connectivity index (χ3n) is 6.90. The van der Waals surface area contributed by atoms with E-state index in [9.17, 15) is 4.79 Å². The summed E-state index contributed by atoms with van der Waals surface area (Å²) >= 11 is 0. The number of hydrogen-bond acceptors (Lipinski definition) is 4. The molecule has 0 aromatic heterocycles. The molecule has 1 saturated carbocycles. The Morgan fingerprint density at radius 2 is 1.83 bits per heavy atom. The molecule has 23 heavy (non-hydrogen) atoms. The first kappa shape index (κ1) is 15.9. The van der Waals surface area contributed by atoms with Crippen molar-refractivity contribution in [2.24, 2.45) is 11.3 Å². The van der Waals surface area contributed by atoms with Crippen LogP contribution in [-0.4, -0.2) is 62.3 Å². The Morgan fingerprint density at radius 1 is 1.13 bits per heavy atom. The largest absolute Gasteiger partial charge is 0.381 e. The maximum atomic E-state index is 12.7. The van der Waals surface area contributed by atoms with E-state index in [2.05, 4.69) is 15.5 Å². The molecule has 1 aliphatic carbocycles. The lowest BCUT2D eigenvalue weighted by Gasteiger charge is -2.44. The van der Waals surface area contributed by atoms with Crippen molar-refractivity contribution < 1.29 is 9.53 Å². The molecule has 3 aliphatic heterocycles. The van der Waals surface area contributed by atoms with Gasteiger partial charge in [0.05, 0.1) is 0 Å². The van der Waals surface area contributed by atoms with Crippen LogP contribution in [0.1, 0.15) is 44.9 Å². The van der Waals surface area contributed by atoms with Crippen molar-refractivity contribution in [1.82, 2.24) is 15.5 Å². The molecule has 0 radical (unpaired) electrons. The summed E-state index contributed by atoms with van der Waals surface area (Å²) in [6, 6.07) is 0. The van der Waals surface area contributed by atoms with E-state index in [1.807, 2.05) is 0 Å². The number of carbonyl (C=O) groups is 1. The SMILES string of the molecule is O=C(NCC1(N2CCCC2)CCOCC1)C1CC12CCNCC2. The van der Waals surface area contributed by atoms with Crippen molar-refractivity contribution in [2.45, 2.75) is 50.5 Å². The highest BCUT2D eigenvalue weighted by molar-refractivity contribution is 5.82. The zero-order chi connectivity index (χ0) is 15.8. The van der Waals surface area contributed by atoms with E-state index in [4.69, 9.17) is 4.74 Å². The third kappa shape index (κ3) is 3.03. The lowest BCUT2D eigenvalue weighted by atomic mass is 9.87. The van der Waals surface area contributed by atoms with Crippen molar-refractivity contribution >= 4 is 5.91 Å². The second-order valence-corrected chi connectivity index (χ2v) is 8.12. The average Bonchev–Trinajstić information content (AvgIpc) is 3.02. The number of amides is 1. The van der Waals surface area contributed by atoms with Gasteiger partial charge in [0.2, 0.25) is 5.91 Å². The standard InChI is InChI=1S/C18H31N3O2/c22-16(15-13-17(15)3-7-19-8-4-17)20-14-18(5-11-23-12-6-18)21-9-1-2-10-21/h15,19H,1-14H2,(H,20,22). The van der Waals surface area contributed by atoms with Gasteiger partial charge in [-0.1, -0.05) is 0 Å². The van der Waals surface area contributed by atoms with Crippen molar-refractivity contribution in [3.8, 4) is 0 Å². The molecule has 0 aromatic rings. The Morgan fingerprint density at radius 3 is 2.52 bits per heavy atom. The average molecular weight is 321 g/mol. The van der Waals surface area contributed by atoms with E-state index in [0.717, 1.165) is 52.1 Å². The summed E-state index contributed by atoms with van der Waals surface area (Å²) in [5, 5.41) is 6.76. The highest BCUT2D eigenvalue weighted by Gasteiger charge is 2.57. The molecule has 1 unspecified atom stereocenters. The zero-order valence-corrected chi connectivity index (χ0v) is 14.2. The van der Waals surface area contributed by atoms with Crippen molar-refractivity contribution in [1.29, 1.82) is 0 Å². The van der Waals surface area contributed by atoms with E-state index in [1.165, 1.54) is 38.8 Å². The molecule has 3 saturated heterocycles. The number of nitrogens with one attached hydrogen (secondary N) is 2. The summed E-state index contributed by atoms with van der Waals surface area (Å²) < 4.78 is 5.59. The van der Waals surface area contributed by atoms with Gasteiger partial charge in [0.1, 0.15) is 0 Å². The van der Waals surface area contributed by atoms with Crippen LogP contribution in [0, 0.1) is 11.3 Å². The predicted octanol–water partition coefficient (Wildman–Crippen LogP) is 1.14. The first-order chi connectivity index (χ1) is 11.2. The maximum absolute atomic E-state index is 12.7. The van der Waals surface area contributed by atoms with Crippen LogP contribution in [0.2, 0.25) is 0 Å². The van der Waals surface area contributed by atoms with Crippen LogP contribution in [0.4, 0.5) is 0 Å². The number of likely N-dealkylation sites (tertiary alicyclic amines) is 1. The van der Waals surface area contributed by atoms with Crippen molar-refractivity contribution in [3.05, 3.63) is 0 Å². The molecular formula is C18H31N3O2. The fraction of sp³-hybridized carbons (Fsp3) is 0.944. The minimum Gasteiger partial charge on any atom is -0.381 e. The van der Waals surface area contributed by atoms with E-state index in [1.54, 1.807) is 0 Å². The number of nitrogens with zero attached hydrogens (tertiary/aromatic N) is 1. The van der Waals surface area contributed by atoms with Gasteiger partial charge in [-0.05, 0) is 76.5 Å². The molecule has 1 spiro atoms. The molecule has 4 aliphatic rings. The first-order valence-corrected chi connectivity index (χ1v) is 9.56. The third-order valence-corrected chi connectivity index (χ3v) is 6.90. The van der Waals surface area contributed by atoms with Gasteiger partial charge >= 0.3 is 0 Å². The monoisotopic (exact) mass is 321 g/mol. The molecule has 1 atom stereocenters. The number of ether oxygens (including phenoxy) is 1. The van der Waals surface area contributed by atoms with Crippen LogP contribution < -0.4 is 10.6 Å². The summed E-state index contributed by atoms with van der Waals surface area (Å²) in [6.45, 7) is 7.04. The quantitative estimate of drug-likeness (QED) is 0.815. The maximum Gasteiger partial charge on any atom is 0.223 e. The van der Waals surface area contributed by atoms with Crippen LogP contribution >= 0.6 is 0 Å². The minimum absolute atomic E-state index is 0.153. The molecule has 5 nitrogen and oxygen atoms in total. The number of piperidine rings is 1. The Hall–Kier alpha value is -0.650. The van der Waals surface area contributed by atoms with Crippen molar-refractivity contribution in [3.63, 3.8) is 0 Å². The van der Waals surface area contributed by atoms with E-state index in [-0.39, 0.29) is 11.5 Å². The van der Waals surface area contributed by atoms with Crippen LogP contribution in [0.15, 0.2) is 0 Å². The summed E-state index contributed by atoms with van der Waals surface area (Å²) in [5.41, 5.74) is 0.492. The first-order valence-electron chi connectivity index (χ1n) is 9.56. The Balaban J connectivity index is 1.35. The molecule has 130 valence electrons. The fourth-order valence-electron chi connectivity index (χ4n) is 5.12. The lowest BCUT2D eigenvalue weighted by molar-refractivity contribution is -0.124. The summed E-state index contributed by atoms with van der Waals surface area (Å²) in [5.74, 6) is 0.594. The van der Waals surface area contributed by atoms with Crippen LogP contribution in [-0.2, 0) is 9.53 Å². The minimum atomic E-state index is 0.153. The number of rotatable bonds is 4. The Bertz CT molecular complexity index is 436. The van der Waals surface area contributed by atoms with Gasteiger partial charge in [-0.25, -0.2) is 0 Å². The molecule has 4 fully saturated rings. The highest BCUT2D eigenvalue weighted by atomic mass is 16.5. The van der Waals surface area contributed by atoms with Crippen LogP contribution in [0.5, 0.6) is 0 Å². The van der Waals surface area contributed by atoms with Gasteiger partial charge in [0.15, 0.2) is 0 Å². The van der Waals surface area contributed by atoms with Gasteiger partial charge in [0.25, 0.3) is 0 Å². The molecule has 3 heterocycles. The molecular weight excluding hydrogens is 290 g/mol. The van der Waals surface area contributed by atoms with Crippen LogP contribution in [0.25, 0.3) is 0 Å². The predicted molar refractivity (Wildman–Crippen MR) is 89.2 cm³/mol. The number of hydrogen-bond donors (Lipinski definition) is 2. The normalized spacial score (nSPS) is 32.8. The smallest absolute Gasteiger partial charge is 0.223 e. The Kier molecular flexibility index (Phi) is 4.37. The van der Waals surface area contributed by atoms with E-state index < -0.39 is 0 Å². The van der Waals surface area contributed by atoms with Gasteiger partial charge in [-0.3, -0.25) is 9.69 Å². The second-order valence-electron chi connectivity index (χ2n) is 8.12. The molecule has 1 amide bonds. The van der Waals surface area contributed by atoms with Gasteiger partial charge in [0, 0.05) is 31.2 Å². The zero-order valence-electron chi connectivity index (χ0n) is 14.2.